The molecule has 0 saturated carbocycles. The van der Waals surface area contributed by atoms with Gasteiger partial charge in [-0.1, -0.05) is 59.2 Å². The van der Waals surface area contributed by atoms with Crippen LogP contribution in [0.25, 0.3) is 11.3 Å². The molecule has 4 nitrogen and oxygen atoms in total. The van der Waals surface area contributed by atoms with Gasteiger partial charge in [-0.2, -0.15) is 0 Å². The lowest BCUT2D eigenvalue weighted by atomic mass is 10.1. The van der Waals surface area contributed by atoms with Gasteiger partial charge in [0.15, 0.2) is 5.76 Å². The molecule has 0 spiro atoms. The maximum Gasteiger partial charge on any atom is 0.151 e. The molecule has 0 atom stereocenters. The molecule has 0 N–H and O–H groups in total. The van der Waals surface area contributed by atoms with E-state index in [-0.39, 0.29) is 0 Å². The molecule has 0 aliphatic carbocycles. The molecular weight excluding hydrogens is 334 g/mol. The minimum atomic E-state index is 0.788. The van der Waals surface area contributed by atoms with Crippen molar-refractivity contribution in [1.82, 2.24) is 10.1 Å². The normalized spacial score (nSPS) is 15.5. The van der Waals surface area contributed by atoms with Crippen molar-refractivity contribution in [3.05, 3.63) is 71.4 Å². The SMILES string of the molecule is Clc1ccccc1N1CCN(Cc2cc(-c3ccccc3)no2)CC1. The maximum absolute atomic E-state index is 6.31. The molecule has 4 rings (SSSR count). The predicted molar refractivity (Wildman–Crippen MR) is 101 cm³/mol. The number of hydrogen-bond acceptors (Lipinski definition) is 4. The van der Waals surface area contributed by atoms with E-state index in [2.05, 4.69) is 21.0 Å². The smallest absolute Gasteiger partial charge is 0.151 e. The van der Waals surface area contributed by atoms with E-state index in [1.54, 1.807) is 0 Å². The summed E-state index contributed by atoms with van der Waals surface area (Å²) in [6.45, 7) is 4.67. The first-order chi connectivity index (χ1) is 12.3. The highest BCUT2D eigenvalue weighted by molar-refractivity contribution is 6.33. The molecule has 5 heteroatoms. The number of anilines is 1. The topological polar surface area (TPSA) is 32.5 Å². The Labute approximate surface area is 152 Å². The second-order valence-corrected chi connectivity index (χ2v) is 6.67. The third kappa shape index (κ3) is 3.70. The van der Waals surface area contributed by atoms with Crippen molar-refractivity contribution in [2.75, 3.05) is 31.1 Å². The molecule has 1 aromatic heterocycles. The van der Waals surface area contributed by atoms with Crippen LogP contribution >= 0.6 is 11.6 Å². The van der Waals surface area contributed by atoms with Gasteiger partial charge in [-0.25, -0.2) is 0 Å². The summed E-state index contributed by atoms with van der Waals surface area (Å²) < 4.78 is 5.53. The lowest BCUT2D eigenvalue weighted by molar-refractivity contribution is 0.220. The van der Waals surface area contributed by atoms with Gasteiger partial charge < -0.3 is 9.42 Å². The first kappa shape index (κ1) is 16.2. The van der Waals surface area contributed by atoms with Gasteiger partial charge in [0.2, 0.25) is 0 Å². The number of rotatable bonds is 4. The molecule has 1 saturated heterocycles. The van der Waals surface area contributed by atoms with E-state index in [1.165, 1.54) is 0 Å². The zero-order chi connectivity index (χ0) is 17.1. The highest BCUT2D eigenvalue weighted by atomic mass is 35.5. The van der Waals surface area contributed by atoms with Gasteiger partial charge in [-0.3, -0.25) is 4.90 Å². The van der Waals surface area contributed by atoms with Gasteiger partial charge in [0.1, 0.15) is 5.69 Å². The summed E-state index contributed by atoms with van der Waals surface area (Å²) in [5.41, 5.74) is 3.10. The van der Waals surface area contributed by atoms with E-state index in [0.29, 0.717) is 0 Å². The fourth-order valence-corrected chi connectivity index (χ4v) is 3.46. The number of nitrogens with zero attached hydrogens (tertiary/aromatic N) is 3. The Morgan fingerprint density at radius 1 is 0.920 bits per heavy atom. The average molecular weight is 354 g/mol. The predicted octanol–water partition coefficient (Wildman–Crippen LogP) is 4.32. The average Bonchev–Trinajstić information content (AvgIpc) is 3.12. The molecule has 2 heterocycles. The Kier molecular flexibility index (Phi) is 4.72. The van der Waals surface area contributed by atoms with Crippen LogP contribution in [-0.4, -0.2) is 36.2 Å². The van der Waals surface area contributed by atoms with E-state index < -0.39 is 0 Å². The summed E-state index contributed by atoms with van der Waals surface area (Å²) >= 11 is 6.31. The molecule has 1 aliphatic heterocycles. The molecule has 0 bridgehead atoms. The Bertz CT molecular complexity index is 826. The van der Waals surface area contributed by atoms with Crippen molar-refractivity contribution in [3.63, 3.8) is 0 Å². The van der Waals surface area contributed by atoms with Crippen LogP contribution in [0.15, 0.2) is 65.2 Å². The highest BCUT2D eigenvalue weighted by Gasteiger charge is 2.20. The van der Waals surface area contributed by atoms with Crippen LogP contribution in [0.5, 0.6) is 0 Å². The lowest BCUT2D eigenvalue weighted by Crippen LogP contribution is -2.46. The molecule has 0 amide bonds. The number of hydrogen-bond donors (Lipinski definition) is 0. The Balaban J connectivity index is 1.36. The molecule has 25 heavy (non-hydrogen) atoms. The van der Waals surface area contributed by atoms with Gasteiger partial charge in [0.25, 0.3) is 0 Å². The van der Waals surface area contributed by atoms with Crippen molar-refractivity contribution < 1.29 is 4.52 Å². The number of benzene rings is 2. The second kappa shape index (κ2) is 7.30. The van der Waals surface area contributed by atoms with Crippen LogP contribution in [0.4, 0.5) is 5.69 Å². The van der Waals surface area contributed by atoms with Crippen molar-refractivity contribution in [1.29, 1.82) is 0 Å². The van der Waals surface area contributed by atoms with Crippen LogP contribution in [0.3, 0.4) is 0 Å². The highest BCUT2D eigenvalue weighted by Crippen LogP contribution is 2.26. The zero-order valence-electron chi connectivity index (χ0n) is 13.9. The maximum atomic E-state index is 6.31. The Morgan fingerprint density at radius 3 is 2.40 bits per heavy atom. The number of piperazine rings is 1. The van der Waals surface area contributed by atoms with E-state index in [9.17, 15) is 0 Å². The number of para-hydroxylation sites is 1. The largest absolute Gasteiger partial charge is 0.368 e. The summed E-state index contributed by atoms with van der Waals surface area (Å²) in [5.74, 6) is 0.907. The molecule has 0 unspecified atom stereocenters. The van der Waals surface area contributed by atoms with E-state index >= 15 is 0 Å². The van der Waals surface area contributed by atoms with Gasteiger partial charge in [-0.15, -0.1) is 0 Å². The van der Waals surface area contributed by atoms with Crippen molar-refractivity contribution in [3.8, 4) is 11.3 Å². The van der Waals surface area contributed by atoms with Gasteiger partial charge in [-0.05, 0) is 12.1 Å². The van der Waals surface area contributed by atoms with E-state index in [4.69, 9.17) is 16.1 Å². The summed E-state index contributed by atoms with van der Waals surface area (Å²) in [7, 11) is 0. The van der Waals surface area contributed by atoms with Gasteiger partial charge in [0.05, 0.1) is 17.3 Å². The summed E-state index contributed by atoms with van der Waals surface area (Å²) in [5, 5.41) is 5.01. The minimum Gasteiger partial charge on any atom is -0.368 e. The van der Waals surface area contributed by atoms with Gasteiger partial charge >= 0.3 is 0 Å². The number of halogens is 1. The lowest BCUT2D eigenvalue weighted by Gasteiger charge is -2.36. The first-order valence-corrected chi connectivity index (χ1v) is 8.90. The molecule has 1 aliphatic rings. The molecule has 3 aromatic rings. The second-order valence-electron chi connectivity index (χ2n) is 6.26. The van der Waals surface area contributed by atoms with Crippen LogP contribution in [-0.2, 0) is 6.54 Å². The Hall–Kier alpha value is -2.30. The van der Waals surface area contributed by atoms with Crippen molar-refractivity contribution in [2.24, 2.45) is 0 Å². The van der Waals surface area contributed by atoms with Crippen molar-refractivity contribution >= 4 is 17.3 Å². The summed E-state index contributed by atoms with van der Waals surface area (Å²) in [6.07, 6.45) is 0. The molecule has 128 valence electrons. The fraction of sp³-hybridized carbons (Fsp3) is 0.250. The van der Waals surface area contributed by atoms with E-state index in [1.807, 2.05) is 54.6 Å². The van der Waals surface area contributed by atoms with E-state index in [0.717, 1.165) is 60.5 Å². The number of aromatic nitrogens is 1. The zero-order valence-corrected chi connectivity index (χ0v) is 14.7. The van der Waals surface area contributed by atoms with Crippen molar-refractivity contribution in [2.45, 2.75) is 6.54 Å². The minimum absolute atomic E-state index is 0.788. The molecule has 0 radical (unpaired) electrons. The molecule has 2 aromatic carbocycles. The summed E-state index contributed by atoms with van der Waals surface area (Å²) in [4.78, 5) is 4.73. The third-order valence-corrected chi connectivity index (χ3v) is 4.89. The van der Waals surface area contributed by atoms with Crippen LogP contribution in [0.2, 0.25) is 5.02 Å². The standard InChI is InChI=1S/C20H20ClN3O/c21-18-8-4-5-9-20(18)24-12-10-23(11-13-24)15-17-14-19(22-25-17)16-6-2-1-3-7-16/h1-9,14H,10-13,15H2. The Morgan fingerprint density at radius 2 is 1.64 bits per heavy atom. The van der Waals surface area contributed by atoms with Crippen LogP contribution < -0.4 is 4.90 Å². The summed E-state index contributed by atoms with van der Waals surface area (Å²) in [6, 6.07) is 20.2. The van der Waals surface area contributed by atoms with Gasteiger partial charge in [0, 0.05) is 37.8 Å². The fourth-order valence-electron chi connectivity index (χ4n) is 3.21. The molecule has 1 fully saturated rings. The molecular formula is C20H20ClN3O. The van der Waals surface area contributed by atoms with Crippen LogP contribution in [0.1, 0.15) is 5.76 Å². The monoisotopic (exact) mass is 353 g/mol. The van der Waals surface area contributed by atoms with Crippen LogP contribution in [0, 0.1) is 0 Å². The quantitative estimate of drug-likeness (QED) is 0.699. The first-order valence-electron chi connectivity index (χ1n) is 8.52. The third-order valence-electron chi connectivity index (χ3n) is 4.57.